The molecular weight excluding hydrogens is 387 g/mol. The van der Waals surface area contributed by atoms with E-state index < -0.39 is 0 Å². The van der Waals surface area contributed by atoms with Crippen molar-refractivity contribution in [2.45, 2.75) is 16.5 Å². The third-order valence-corrected chi connectivity index (χ3v) is 5.54. The van der Waals surface area contributed by atoms with Gasteiger partial charge in [-0.3, -0.25) is 4.79 Å². The van der Waals surface area contributed by atoms with Gasteiger partial charge in [0, 0.05) is 5.69 Å². The number of halogens is 1. The van der Waals surface area contributed by atoms with E-state index in [0.717, 1.165) is 5.69 Å². The zero-order valence-corrected chi connectivity index (χ0v) is 16.2. The Morgan fingerprint density at radius 3 is 2.67 bits per heavy atom. The van der Waals surface area contributed by atoms with Crippen LogP contribution in [0, 0.1) is 5.82 Å². The van der Waals surface area contributed by atoms with Crippen molar-refractivity contribution in [2.24, 2.45) is 0 Å². The maximum atomic E-state index is 12.9. The molecule has 1 heterocycles. The number of rotatable bonds is 7. The van der Waals surface area contributed by atoms with E-state index in [1.165, 1.54) is 47.4 Å². The summed E-state index contributed by atoms with van der Waals surface area (Å²) in [5, 5.41) is 14.3. The maximum Gasteiger partial charge on any atom is 0.237 e. The van der Waals surface area contributed by atoms with Crippen LogP contribution in [0.1, 0.15) is 6.92 Å². The Labute approximate surface area is 164 Å². The molecule has 0 saturated carbocycles. The molecular formula is C18H17FN4O2S2. The van der Waals surface area contributed by atoms with Crippen LogP contribution in [0.2, 0.25) is 0 Å². The number of para-hydroxylation sites is 2. The lowest BCUT2D eigenvalue weighted by atomic mass is 10.3. The lowest BCUT2D eigenvalue weighted by Crippen LogP contribution is -2.22. The molecule has 140 valence electrons. The van der Waals surface area contributed by atoms with Crippen LogP contribution in [0.4, 0.5) is 20.9 Å². The Morgan fingerprint density at radius 2 is 1.93 bits per heavy atom. The fraction of sp³-hybridized carbons (Fsp3) is 0.167. The Balaban J connectivity index is 1.59. The van der Waals surface area contributed by atoms with Gasteiger partial charge in [0.15, 0.2) is 4.34 Å². The number of aromatic nitrogens is 2. The Hall–Kier alpha value is -2.65. The first kappa shape index (κ1) is 19.1. The number of anilines is 3. The van der Waals surface area contributed by atoms with Crippen molar-refractivity contribution in [1.29, 1.82) is 0 Å². The molecule has 9 heteroatoms. The van der Waals surface area contributed by atoms with Crippen LogP contribution in [-0.4, -0.2) is 28.5 Å². The fourth-order valence-corrected chi connectivity index (χ4v) is 4.06. The van der Waals surface area contributed by atoms with Gasteiger partial charge in [-0.25, -0.2) is 4.39 Å². The minimum absolute atomic E-state index is 0.193. The van der Waals surface area contributed by atoms with Crippen molar-refractivity contribution < 1.29 is 13.9 Å². The molecule has 3 aromatic rings. The Bertz CT molecular complexity index is 918. The van der Waals surface area contributed by atoms with Gasteiger partial charge in [0.1, 0.15) is 11.6 Å². The normalized spacial score (nSPS) is 11.7. The van der Waals surface area contributed by atoms with E-state index in [4.69, 9.17) is 4.74 Å². The zero-order chi connectivity index (χ0) is 19.2. The van der Waals surface area contributed by atoms with Crippen LogP contribution >= 0.6 is 23.1 Å². The summed E-state index contributed by atoms with van der Waals surface area (Å²) in [5.74, 6) is 0.161. The van der Waals surface area contributed by atoms with Crippen LogP contribution in [0.3, 0.4) is 0 Å². The van der Waals surface area contributed by atoms with Crippen LogP contribution in [0.25, 0.3) is 0 Å². The maximum absolute atomic E-state index is 12.9. The molecule has 2 aromatic carbocycles. The number of hydrogen-bond acceptors (Lipinski definition) is 7. The molecule has 0 aliphatic carbocycles. The van der Waals surface area contributed by atoms with Crippen LogP contribution in [-0.2, 0) is 4.79 Å². The fourth-order valence-electron chi connectivity index (χ4n) is 2.15. The average molecular weight is 404 g/mol. The molecule has 1 amide bonds. The van der Waals surface area contributed by atoms with Gasteiger partial charge in [0.05, 0.1) is 18.0 Å². The van der Waals surface area contributed by atoms with Gasteiger partial charge < -0.3 is 15.4 Å². The van der Waals surface area contributed by atoms with E-state index in [1.807, 2.05) is 24.3 Å². The summed E-state index contributed by atoms with van der Waals surface area (Å²) in [6.07, 6.45) is 0. The summed E-state index contributed by atoms with van der Waals surface area (Å²) in [4.78, 5) is 12.3. The summed E-state index contributed by atoms with van der Waals surface area (Å²) in [6, 6.07) is 13.1. The number of hydrogen-bond donors (Lipinski definition) is 2. The summed E-state index contributed by atoms with van der Waals surface area (Å²) in [6.45, 7) is 1.78. The van der Waals surface area contributed by atoms with E-state index >= 15 is 0 Å². The van der Waals surface area contributed by atoms with Crippen molar-refractivity contribution >= 4 is 45.5 Å². The number of methoxy groups -OCH3 is 1. The molecule has 0 unspecified atom stereocenters. The van der Waals surface area contributed by atoms with Crippen molar-refractivity contribution in [3.63, 3.8) is 0 Å². The van der Waals surface area contributed by atoms with Crippen LogP contribution < -0.4 is 15.4 Å². The molecule has 3 rings (SSSR count). The average Bonchev–Trinajstić information content (AvgIpc) is 3.10. The van der Waals surface area contributed by atoms with Crippen molar-refractivity contribution in [3.05, 3.63) is 54.3 Å². The van der Waals surface area contributed by atoms with Crippen LogP contribution in [0.15, 0.2) is 52.9 Å². The van der Waals surface area contributed by atoms with Gasteiger partial charge in [-0.15, -0.1) is 10.2 Å². The van der Waals surface area contributed by atoms with Gasteiger partial charge in [0.2, 0.25) is 11.0 Å². The van der Waals surface area contributed by atoms with Gasteiger partial charge in [-0.05, 0) is 43.3 Å². The SMILES string of the molecule is COc1ccccc1Nc1nnc(S[C@H](C)C(=O)Nc2ccc(F)cc2)s1. The monoisotopic (exact) mass is 404 g/mol. The molecule has 6 nitrogen and oxygen atoms in total. The van der Waals surface area contributed by atoms with E-state index in [9.17, 15) is 9.18 Å². The molecule has 1 aromatic heterocycles. The topological polar surface area (TPSA) is 76.1 Å². The number of carbonyl (C=O) groups is 1. The molecule has 0 saturated heterocycles. The molecule has 0 aliphatic heterocycles. The smallest absolute Gasteiger partial charge is 0.237 e. The standard InChI is InChI=1S/C18H17FN4O2S2/c1-11(16(24)20-13-9-7-12(19)8-10-13)26-18-23-22-17(27-18)21-14-5-3-4-6-15(14)25-2/h3-11H,1-2H3,(H,20,24)(H,21,22)/t11-/m1/s1. The third kappa shape index (κ3) is 5.18. The molecule has 2 N–H and O–H groups in total. The highest BCUT2D eigenvalue weighted by atomic mass is 32.2. The summed E-state index contributed by atoms with van der Waals surface area (Å²) >= 11 is 2.65. The number of benzene rings is 2. The van der Waals surface area contributed by atoms with E-state index in [2.05, 4.69) is 20.8 Å². The number of nitrogens with one attached hydrogen (secondary N) is 2. The Kier molecular flexibility index (Phi) is 6.25. The van der Waals surface area contributed by atoms with Crippen molar-refractivity contribution in [2.75, 3.05) is 17.7 Å². The third-order valence-electron chi connectivity index (χ3n) is 3.51. The second kappa shape index (κ2) is 8.83. The second-order valence-corrected chi connectivity index (χ2v) is 8.02. The largest absolute Gasteiger partial charge is 0.495 e. The zero-order valence-electron chi connectivity index (χ0n) is 14.6. The first-order valence-electron chi connectivity index (χ1n) is 8.02. The number of thioether (sulfide) groups is 1. The molecule has 27 heavy (non-hydrogen) atoms. The minimum atomic E-state index is -0.387. The molecule has 0 aliphatic rings. The highest BCUT2D eigenvalue weighted by molar-refractivity contribution is 8.02. The molecule has 0 radical (unpaired) electrons. The lowest BCUT2D eigenvalue weighted by molar-refractivity contribution is -0.115. The van der Waals surface area contributed by atoms with Crippen molar-refractivity contribution in [3.8, 4) is 5.75 Å². The number of nitrogens with zero attached hydrogens (tertiary/aromatic N) is 2. The summed E-state index contributed by atoms with van der Waals surface area (Å²) in [5.41, 5.74) is 1.33. The van der Waals surface area contributed by atoms with Crippen molar-refractivity contribution in [1.82, 2.24) is 10.2 Å². The number of amides is 1. The number of ether oxygens (including phenoxy) is 1. The lowest BCUT2D eigenvalue weighted by Gasteiger charge is -2.10. The second-order valence-electron chi connectivity index (χ2n) is 5.45. The first-order valence-corrected chi connectivity index (χ1v) is 9.71. The van der Waals surface area contributed by atoms with Gasteiger partial charge >= 0.3 is 0 Å². The predicted octanol–water partition coefficient (Wildman–Crippen LogP) is 4.55. The highest BCUT2D eigenvalue weighted by Gasteiger charge is 2.18. The van der Waals surface area contributed by atoms with Gasteiger partial charge in [-0.2, -0.15) is 0 Å². The van der Waals surface area contributed by atoms with Gasteiger partial charge in [-0.1, -0.05) is 35.2 Å². The quantitative estimate of drug-likeness (QED) is 0.563. The van der Waals surface area contributed by atoms with Gasteiger partial charge in [0.25, 0.3) is 0 Å². The molecule has 0 fully saturated rings. The molecule has 1 atom stereocenters. The van der Waals surface area contributed by atoms with E-state index in [0.29, 0.717) is 20.9 Å². The highest BCUT2D eigenvalue weighted by Crippen LogP contribution is 2.33. The minimum Gasteiger partial charge on any atom is -0.495 e. The molecule has 0 spiro atoms. The Morgan fingerprint density at radius 1 is 1.19 bits per heavy atom. The van der Waals surface area contributed by atoms with E-state index in [1.54, 1.807) is 14.0 Å². The van der Waals surface area contributed by atoms with Crippen LogP contribution in [0.5, 0.6) is 5.75 Å². The summed E-state index contributed by atoms with van der Waals surface area (Å²) in [7, 11) is 1.60. The number of carbonyl (C=O) groups excluding carboxylic acids is 1. The predicted molar refractivity (Wildman–Crippen MR) is 107 cm³/mol. The summed E-state index contributed by atoms with van der Waals surface area (Å²) < 4.78 is 18.9. The first-order chi connectivity index (χ1) is 13.0. The van der Waals surface area contributed by atoms with E-state index in [-0.39, 0.29) is 17.0 Å². The molecule has 0 bridgehead atoms.